The van der Waals surface area contributed by atoms with Crippen molar-refractivity contribution in [1.82, 2.24) is 5.32 Å². The molecule has 0 saturated carbocycles. The van der Waals surface area contributed by atoms with Crippen molar-refractivity contribution >= 4 is 69.8 Å². The summed E-state index contributed by atoms with van der Waals surface area (Å²) in [6.45, 7) is 0. The summed E-state index contributed by atoms with van der Waals surface area (Å²) in [5.74, 6) is -1.74. The van der Waals surface area contributed by atoms with Gasteiger partial charge in [-0.05, 0) is 60.0 Å². The normalized spacial score (nSPS) is 12.1. The number of hydrogen-bond acceptors (Lipinski definition) is 7. The van der Waals surface area contributed by atoms with E-state index in [9.17, 15) is 24.0 Å². The fraction of sp³-hybridized carbons (Fsp3) is 0.0278. The number of rotatable bonds is 9. The lowest BCUT2D eigenvalue weighted by Crippen LogP contribution is -2.30. The molecule has 10 heteroatoms. The molecule has 6 rings (SSSR count). The van der Waals surface area contributed by atoms with Crippen LogP contribution in [0.25, 0.3) is 6.08 Å². The number of carbonyl (C=O) groups is 5. The Bertz CT molecular complexity index is 2000. The highest BCUT2D eigenvalue weighted by Gasteiger charge is 2.31. The Labute approximate surface area is 272 Å². The molecule has 0 aliphatic heterocycles. The van der Waals surface area contributed by atoms with Gasteiger partial charge in [0.1, 0.15) is 5.70 Å². The summed E-state index contributed by atoms with van der Waals surface area (Å²) < 4.78 is 0. The number of nitrogens with one attached hydrogen (secondary N) is 3. The van der Waals surface area contributed by atoms with Crippen LogP contribution in [0.1, 0.15) is 47.1 Å². The summed E-state index contributed by atoms with van der Waals surface area (Å²) in [7, 11) is 0. The minimum absolute atomic E-state index is 0.0489. The number of ketones is 2. The van der Waals surface area contributed by atoms with Gasteiger partial charge in [-0.25, -0.2) is 0 Å². The number of amides is 3. The van der Waals surface area contributed by atoms with Crippen molar-refractivity contribution in [3.8, 4) is 0 Å². The smallest absolute Gasteiger partial charge is 0.272 e. The van der Waals surface area contributed by atoms with Crippen LogP contribution in [0.4, 0.5) is 11.4 Å². The van der Waals surface area contributed by atoms with Gasteiger partial charge in [-0.15, -0.1) is 23.1 Å². The third kappa shape index (κ3) is 6.73. The summed E-state index contributed by atoms with van der Waals surface area (Å²) in [6.07, 6.45) is 1.62. The van der Waals surface area contributed by atoms with Crippen molar-refractivity contribution in [3.63, 3.8) is 0 Å². The number of carbonyl (C=O) groups excluding carboxylic acids is 5. The first kappa shape index (κ1) is 30.4. The summed E-state index contributed by atoms with van der Waals surface area (Å²) in [4.78, 5) is 66.7. The summed E-state index contributed by atoms with van der Waals surface area (Å²) in [6, 6.07) is 30.8. The number of thiophene rings is 1. The molecule has 0 spiro atoms. The zero-order chi connectivity index (χ0) is 32.0. The maximum atomic E-state index is 13.2. The largest absolute Gasteiger partial charge is 0.325 e. The highest BCUT2D eigenvalue weighted by Crippen LogP contribution is 2.32. The van der Waals surface area contributed by atoms with Crippen LogP contribution >= 0.6 is 23.1 Å². The van der Waals surface area contributed by atoms with Crippen LogP contribution < -0.4 is 16.0 Å². The van der Waals surface area contributed by atoms with E-state index in [0.717, 1.165) is 9.77 Å². The zero-order valence-electron chi connectivity index (χ0n) is 24.1. The SMILES string of the molecule is O=C(CSc1ccc(NC(=O)/C(=C/c2cccs2)NC(=O)c2ccccc2)cc1)Nc1cccc2c1C(=O)c1ccccc1C2=O. The molecular weight excluding hydrogens is 619 g/mol. The summed E-state index contributed by atoms with van der Waals surface area (Å²) in [5.41, 5.74) is 2.44. The van der Waals surface area contributed by atoms with Crippen molar-refractivity contribution in [2.45, 2.75) is 4.90 Å². The van der Waals surface area contributed by atoms with E-state index in [1.54, 1.807) is 103 Å². The molecule has 0 radical (unpaired) electrons. The number of thioether (sulfide) groups is 1. The lowest BCUT2D eigenvalue weighted by Gasteiger charge is -2.20. The van der Waals surface area contributed by atoms with E-state index >= 15 is 0 Å². The number of hydrogen-bond donors (Lipinski definition) is 3. The molecule has 8 nitrogen and oxygen atoms in total. The topological polar surface area (TPSA) is 121 Å². The van der Waals surface area contributed by atoms with E-state index in [-0.39, 0.29) is 40.1 Å². The molecule has 4 aromatic carbocycles. The average molecular weight is 644 g/mol. The van der Waals surface area contributed by atoms with Crippen LogP contribution in [0, 0.1) is 0 Å². The molecule has 5 aromatic rings. The maximum Gasteiger partial charge on any atom is 0.272 e. The Morgan fingerprint density at radius 2 is 1.39 bits per heavy atom. The fourth-order valence-electron chi connectivity index (χ4n) is 4.88. The van der Waals surface area contributed by atoms with Crippen LogP contribution in [0.15, 0.2) is 125 Å². The van der Waals surface area contributed by atoms with Crippen LogP contribution in [-0.2, 0) is 9.59 Å². The van der Waals surface area contributed by atoms with Gasteiger partial charge in [0.05, 0.1) is 17.0 Å². The van der Waals surface area contributed by atoms with Gasteiger partial charge in [-0.2, -0.15) is 0 Å². The second-order valence-corrected chi connectivity index (χ2v) is 12.2. The fourth-order valence-corrected chi connectivity index (χ4v) is 6.23. The van der Waals surface area contributed by atoms with E-state index in [4.69, 9.17) is 0 Å². The quantitative estimate of drug-likeness (QED) is 0.120. The van der Waals surface area contributed by atoms with Gasteiger partial charge in [0.25, 0.3) is 11.8 Å². The predicted octanol–water partition coefficient (Wildman–Crippen LogP) is 6.66. The second kappa shape index (κ2) is 13.6. The summed E-state index contributed by atoms with van der Waals surface area (Å²) >= 11 is 2.71. The Morgan fingerprint density at radius 1 is 0.696 bits per heavy atom. The van der Waals surface area contributed by atoms with Crippen LogP contribution in [-0.4, -0.2) is 35.0 Å². The van der Waals surface area contributed by atoms with Crippen molar-refractivity contribution in [3.05, 3.63) is 153 Å². The lowest BCUT2D eigenvalue weighted by molar-refractivity contribution is -0.114. The molecule has 0 fully saturated rings. The van der Waals surface area contributed by atoms with Gasteiger partial charge in [0.2, 0.25) is 5.91 Å². The van der Waals surface area contributed by atoms with Gasteiger partial charge in [0, 0.05) is 37.7 Å². The monoisotopic (exact) mass is 643 g/mol. The Balaban J connectivity index is 1.08. The second-order valence-electron chi connectivity index (χ2n) is 10.1. The van der Waals surface area contributed by atoms with Crippen molar-refractivity contribution < 1.29 is 24.0 Å². The van der Waals surface area contributed by atoms with E-state index < -0.39 is 11.8 Å². The third-order valence-electron chi connectivity index (χ3n) is 7.07. The van der Waals surface area contributed by atoms with Crippen molar-refractivity contribution in [2.24, 2.45) is 0 Å². The highest BCUT2D eigenvalue weighted by molar-refractivity contribution is 8.00. The van der Waals surface area contributed by atoms with E-state index in [2.05, 4.69) is 16.0 Å². The first-order valence-corrected chi connectivity index (χ1v) is 16.0. The molecule has 0 unspecified atom stereocenters. The predicted molar refractivity (Wildman–Crippen MR) is 180 cm³/mol. The maximum absolute atomic E-state index is 13.2. The van der Waals surface area contributed by atoms with Crippen LogP contribution in [0.2, 0.25) is 0 Å². The van der Waals surface area contributed by atoms with Gasteiger partial charge >= 0.3 is 0 Å². The van der Waals surface area contributed by atoms with Gasteiger partial charge in [-0.3, -0.25) is 24.0 Å². The summed E-state index contributed by atoms with van der Waals surface area (Å²) in [5, 5.41) is 10.2. The minimum atomic E-state index is -0.487. The molecule has 0 bridgehead atoms. The van der Waals surface area contributed by atoms with Gasteiger partial charge < -0.3 is 16.0 Å². The first-order chi connectivity index (χ1) is 22.4. The zero-order valence-corrected chi connectivity index (χ0v) is 25.7. The molecule has 1 aliphatic carbocycles. The standard InChI is InChI=1S/C36H25N3O5S2/c40-31(38-29-14-6-13-28-32(29)34(42)27-12-5-4-11-26(27)33(28)41)21-46-24-17-15-23(16-18-24)37-36(44)30(20-25-10-7-19-45-25)39-35(43)22-8-2-1-3-9-22/h1-20H,21H2,(H,37,44)(H,38,40)(H,39,43)/b30-20-. The minimum Gasteiger partial charge on any atom is -0.325 e. The van der Waals surface area contributed by atoms with E-state index in [0.29, 0.717) is 28.1 Å². The van der Waals surface area contributed by atoms with E-state index in [1.807, 2.05) is 17.5 Å². The molecule has 1 heterocycles. The molecule has 0 atom stereocenters. The molecule has 46 heavy (non-hydrogen) atoms. The average Bonchev–Trinajstić information content (AvgIpc) is 3.60. The Hall–Kier alpha value is -5.58. The number of fused-ring (bicyclic) bond motifs is 2. The molecule has 1 aromatic heterocycles. The molecular formula is C36H25N3O5S2. The van der Waals surface area contributed by atoms with Crippen LogP contribution in [0.5, 0.6) is 0 Å². The lowest BCUT2D eigenvalue weighted by atomic mass is 9.83. The molecule has 1 aliphatic rings. The number of benzene rings is 4. The van der Waals surface area contributed by atoms with Crippen molar-refractivity contribution in [1.29, 1.82) is 0 Å². The molecule has 226 valence electrons. The molecule has 3 N–H and O–H groups in total. The van der Waals surface area contributed by atoms with E-state index in [1.165, 1.54) is 23.1 Å². The van der Waals surface area contributed by atoms with Gasteiger partial charge in [0.15, 0.2) is 11.6 Å². The van der Waals surface area contributed by atoms with Crippen molar-refractivity contribution in [2.75, 3.05) is 16.4 Å². The van der Waals surface area contributed by atoms with Crippen LogP contribution in [0.3, 0.4) is 0 Å². The number of anilines is 2. The first-order valence-electron chi connectivity index (χ1n) is 14.1. The third-order valence-corrected chi connectivity index (χ3v) is 8.90. The molecule has 0 saturated heterocycles. The molecule has 3 amide bonds. The Kier molecular flexibility index (Phi) is 9.00. The Morgan fingerprint density at radius 3 is 2.11 bits per heavy atom. The highest BCUT2D eigenvalue weighted by atomic mass is 32.2. The van der Waals surface area contributed by atoms with Gasteiger partial charge in [-0.1, -0.05) is 60.7 Å².